The lowest BCUT2D eigenvalue weighted by molar-refractivity contribution is -0.167. The highest BCUT2D eigenvalue weighted by molar-refractivity contribution is 5.71. The summed E-state index contributed by atoms with van der Waals surface area (Å²) in [5.74, 6) is -0.947. The smallest absolute Gasteiger partial charge is 0.306 e. The number of ether oxygens (including phenoxy) is 3. The number of hydrogen-bond donors (Lipinski definition) is 0. The molecule has 0 fully saturated rings. The summed E-state index contributed by atoms with van der Waals surface area (Å²) in [6.45, 7) is 6.57. The quantitative estimate of drug-likeness (QED) is 0.0262. The molecule has 0 rings (SSSR count). The molecule has 0 saturated heterocycles. The first kappa shape index (κ1) is 61.1. The number of carbonyl (C=O) groups is 3. The fourth-order valence-electron chi connectivity index (χ4n) is 7.61. The van der Waals surface area contributed by atoms with Gasteiger partial charge in [0.15, 0.2) is 6.10 Å². The molecule has 0 N–H and O–H groups in total. The molecule has 0 radical (unpaired) electrons. The van der Waals surface area contributed by atoms with E-state index in [0.717, 1.165) is 70.6 Å². The van der Waals surface area contributed by atoms with Crippen molar-refractivity contribution in [3.63, 3.8) is 0 Å². The van der Waals surface area contributed by atoms with Crippen molar-refractivity contribution in [2.45, 2.75) is 277 Å². The van der Waals surface area contributed by atoms with Gasteiger partial charge in [0.2, 0.25) is 0 Å². The van der Waals surface area contributed by atoms with Gasteiger partial charge in [0, 0.05) is 19.3 Å². The maximum absolute atomic E-state index is 12.8. The summed E-state index contributed by atoms with van der Waals surface area (Å²) in [6.07, 6.45) is 64.9. The fraction of sp³-hybridized carbons (Fsp3) is 0.776. The Morgan fingerprint density at radius 1 is 0.312 bits per heavy atom. The summed E-state index contributed by atoms with van der Waals surface area (Å²) in [5.41, 5.74) is 0. The van der Waals surface area contributed by atoms with Gasteiger partial charge in [-0.2, -0.15) is 0 Å². The highest BCUT2D eigenvalue weighted by atomic mass is 16.6. The Bertz CT molecular complexity index is 1170. The molecule has 0 spiro atoms. The van der Waals surface area contributed by atoms with E-state index in [1.54, 1.807) is 0 Å². The molecule has 0 aromatic rings. The van der Waals surface area contributed by atoms with Gasteiger partial charge in [-0.15, -0.1) is 0 Å². The van der Waals surface area contributed by atoms with Crippen molar-refractivity contribution >= 4 is 17.9 Å². The van der Waals surface area contributed by atoms with Crippen LogP contribution in [0.2, 0.25) is 0 Å². The van der Waals surface area contributed by atoms with Crippen molar-refractivity contribution in [2.24, 2.45) is 0 Å². The van der Waals surface area contributed by atoms with Crippen molar-refractivity contribution in [1.82, 2.24) is 0 Å². The minimum atomic E-state index is -0.796. The van der Waals surface area contributed by atoms with E-state index in [0.29, 0.717) is 19.3 Å². The molecule has 0 aliphatic carbocycles. The number of hydrogen-bond acceptors (Lipinski definition) is 6. The second kappa shape index (κ2) is 52.7. The van der Waals surface area contributed by atoms with E-state index in [4.69, 9.17) is 14.2 Å². The summed E-state index contributed by atoms with van der Waals surface area (Å²) >= 11 is 0. The molecule has 0 aromatic carbocycles. The highest BCUT2D eigenvalue weighted by Gasteiger charge is 2.19. The molecule has 1 atom stereocenters. The van der Waals surface area contributed by atoms with Crippen LogP contribution in [-0.2, 0) is 28.6 Å². The minimum absolute atomic E-state index is 0.0911. The zero-order valence-corrected chi connectivity index (χ0v) is 42.3. The first-order chi connectivity index (χ1) is 31.5. The zero-order chi connectivity index (χ0) is 46.5. The first-order valence-corrected chi connectivity index (χ1v) is 27.3. The van der Waals surface area contributed by atoms with Crippen molar-refractivity contribution in [1.29, 1.82) is 0 Å². The highest BCUT2D eigenvalue weighted by Crippen LogP contribution is 2.15. The Balaban J connectivity index is 4.44. The van der Waals surface area contributed by atoms with Crippen LogP contribution in [0.4, 0.5) is 0 Å². The monoisotopic (exact) mass is 895 g/mol. The summed E-state index contributed by atoms with van der Waals surface area (Å²) in [5, 5.41) is 0. The molecular formula is C58H102O6. The Morgan fingerprint density at radius 3 is 0.969 bits per heavy atom. The normalized spacial score (nSPS) is 12.5. The van der Waals surface area contributed by atoms with Crippen molar-refractivity contribution in [2.75, 3.05) is 13.2 Å². The molecule has 6 nitrogen and oxygen atoms in total. The summed E-state index contributed by atoms with van der Waals surface area (Å²) in [6, 6.07) is 0. The molecule has 0 aliphatic heterocycles. The average molecular weight is 895 g/mol. The van der Waals surface area contributed by atoms with Gasteiger partial charge in [0.25, 0.3) is 0 Å². The summed E-state index contributed by atoms with van der Waals surface area (Å²) < 4.78 is 16.8. The second-order valence-electron chi connectivity index (χ2n) is 18.1. The molecule has 64 heavy (non-hydrogen) atoms. The molecule has 0 aromatic heterocycles. The van der Waals surface area contributed by atoms with Gasteiger partial charge in [-0.25, -0.2) is 0 Å². The van der Waals surface area contributed by atoms with E-state index < -0.39 is 6.10 Å². The predicted molar refractivity (Wildman–Crippen MR) is 275 cm³/mol. The van der Waals surface area contributed by atoms with Crippen molar-refractivity contribution < 1.29 is 28.6 Å². The largest absolute Gasteiger partial charge is 0.462 e. The van der Waals surface area contributed by atoms with E-state index in [1.165, 1.54) is 154 Å². The van der Waals surface area contributed by atoms with Gasteiger partial charge in [-0.3, -0.25) is 14.4 Å². The molecule has 0 bridgehead atoms. The van der Waals surface area contributed by atoms with Crippen LogP contribution >= 0.6 is 0 Å². The number of unbranched alkanes of at least 4 members (excludes halogenated alkanes) is 28. The Hall–Kier alpha value is -2.89. The van der Waals surface area contributed by atoms with Gasteiger partial charge < -0.3 is 14.2 Å². The summed E-state index contributed by atoms with van der Waals surface area (Å²) in [4.78, 5) is 38.0. The first-order valence-electron chi connectivity index (χ1n) is 27.3. The van der Waals surface area contributed by atoms with E-state index in [-0.39, 0.29) is 37.5 Å². The van der Waals surface area contributed by atoms with Gasteiger partial charge in [-0.1, -0.05) is 229 Å². The molecular weight excluding hydrogens is 793 g/mol. The van der Waals surface area contributed by atoms with E-state index >= 15 is 0 Å². The van der Waals surface area contributed by atoms with Crippen molar-refractivity contribution in [3.8, 4) is 0 Å². The van der Waals surface area contributed by atoms with E-state index in [9.17, 15) is 14.4 Å². The van der Waals surface area contributed by atoms with E-state index in [1.807, 2.05) is 0 Å². The molecule has 0 unspecified atom stereocenters. The Labute approximate surface area is 396 Å². The zero-order valence-electron chi connectivity index (χ0n) is 42.3. The molecule has 0 aliphatic rings. The number of allylic oxidation sites excluding steroid dienone is 10. The lowest BCUT2D eigenvalue weighted by Gasteiger charge is -2.18. The molecule has 370 valence electrons. The minimum Gasteiger partial charge on any atom is -0.462 e. The molecule has 0 saturated carbocycles. The molecule has 0 amide bonds. The van der Waals surface area contributed by atoms with Crippen LogP contribution in [0, 0.1) is 0 Å². The van der Waals surface area contributed by atoms with Gasteiger partial charge in [-0.05, 0) is 83.5 Å². The number of rotatable bonds is 49. The average Bonchev–Trinajstić information content (AvgIpc) is 3.29. The second-order valence-corrected chi connectivity index (χ2v) is 18.1. The maximum atomic E-state index is 12.8. The third-order valence-electron chi connectivity index (χ3n) is 11.7. The third-order valence-corrected chi connectivity index (χ3v) is 11.7. The Morgan fingerprint density at radius 2 is 0.578 bits per heavy atom. The number of carbonyl (C=O) groups excluding carboxylic acids is 3. The van der Waals surface area contributed by atoms with Crippen LogP contribution in [0.1, 0.15) is 271 Å². The third kappa shape index (κ3) is 50.1. The molecule has 0 heterocycles. The number of esters is 3. The summed E-state index contributed by atoms with van der Waals surface area (Å²) in [7, 11) is 0. The fourth-order valence-corrected chi connectivity index (χ4v) is 7.61. The van der Waals surface area contributed by atoms with Gasteiger partial charge in [0.1, 0.15) is 13.2 Å². The van der Waals surface area contributed by atoms with Crippen molar-refractivity contribution in [3.05, 3.63) is 60.8 Å². The Kier molecular flexibility index (Phi) is 50.4. The van der Waals surface area contributed by atoms with Gasteiger partial charge in [0.05, 0.1) is 0 Å². The maximum Gasteiger partial charge on any atom is 0.306 e. The van der Waals surface area contributed by atoms with Crippen LogP contribution in [0.5, 0.6) is 0 Å². The lowest BCUT2D eigenvalue weighted by atomic mass is 10.0. The van der Waals surface area contributed by atoms with Crippen LogP contribution < -0.4 is 0 Å². The predicted octanol–water partition coefficient (Wildman–Crippen LogP) is 18.0. The SMILES string of the molecule is CCCCC/C=C\C/C=C\CCCCCCCCCC(=O)O[C@H](COC(=O)CCC/C=C\C/C=C\C/C=C\CCCCCCCC)COC(=O)CCCCCCCCCCCCCC. The van der Waals surface area contributed by atoms with Crippen LogP contribution in [0.15, 0.2) is 60.8 Å². The van der Waals surface area contributed by atoms with E-state index in [2.05, 4.69) is 81.5 Å². The molecule has 6 heteroatoms. The lowest BCUT2D eigenvalue weighted by Crippen LogP contribution is -2.30. The topological polar surface area (TPSA) is 78.9 Å². The van der Waals surface area contributed by atoms with Crippen LogP contribution in [0.25, 0.3) is 0 Å². The van der Waals surface area contributed by atoms with Gasteiger partial charge >= 0.3 is 17.9 Å². The standard InChI is InChI=1S/C58H102O6/c1-4-7-10-13-16-19-22-25-27-29-31-33-36-39-42-45-48-51-57(60)63-54-55(53-62-56(59)50-47-44-41-38-35-24-21-18-15-12-9-6-3)64-58(61)52-49-46-43-40-37-34-32-30-28-26-23-20-17-14-11-8-5-2/h17,20,25-28,31,33,39,42,55H,4-16,18-19,21-24,29-30,32,34-38,40-41,43-54H2,1-3H3/b20-17-,27-25-,28-26-,33-31-,42-39-/t55-/m0/s1. The van der Waals surface area contributed by atoms with Crippen LogP contribution in [-0.4, -0.2) is 37.2 Å². The van der Waals surface area contributed by atoms with Crippen LogP contribution in [0.3, 0.4) is 0 Å².